The number of rotatable bonds is 3. The zero-order valence-corrected chi connectivity index (χ0v) is 9.51. The summed E-state index contributed by atoms with van der Waals surface area (Å²) in [4.78, 5) is 2.95. The van der Waals surface area contributed by atoms with Crippen molar-refractivity contribution in [1.82, 2.24) is 4.98 Å². The number of aromatic nitrogens is 1. The van der Waals surface area contributed by atoms with Crippen LogP contribution in [0.1, 0.15) is 5.56 Å². The highest BCUT2D eigenvalue weighted by molar-refractivity contribution is 9.10. The van der Waals surface area contributed by atoms with Gasteiger partial charge in [0.05, 0.1) is 5.69 Å². The predicted octanol–water partition coefficient (Wildman–Crippen LogP) is 3.53. The van der Waals surface area contributed by atoms with Gasteiger partial charge in [-0.15, -0.1) is 0 Å². The molecule has 1 heterocycles. The van der Waals surface area contributed by atoms with Crippen LogP contribution in [0.2, 0.25) is 0 Å². The Morgan fingerprint density at radius 2 is 2.20 bits per heavy atom. The second-order valence-corrected chi connectivity index (χ2v) is 4.11. The normalized spacial score (nSPS) is 10.3. The third kappa shape index (κ3) is 2.59. The van der Waals surface area contributed by atoms with Crippen LogP contribution >= 0.6 is 15.9 Å². The lowest BCUT2D eigenvalue weighted by molar-refractivity contribution is 0.629. The number of hydrogen-bond acceptors (Lipinski definition) is 1. The fraction of sp³-hybridized carbons (Fsp3) is 0.0909. The zero-order valence-electron chi connectivity index (χ0n) is 7.93. The van der Waals surface area contributed by atoms with Gasteiger partial charge in [0, 0.05) is 23.4 Å². The molecule has 0 radical (unpaired) electrons. The second kappa shape index (κ2) is 4.49. The van der Waals surface area contributed by atoms with E-state index >= 15 is 0 Å². The molecule has 0 atom stereocenters. The first kappa shape index (κ1) is 10.2. The van der Waals surface area contributed by atoms with Crippen LogP contribution in [0.4, 0.5) is 10.1 Å². The van der Waals surface area contributed by atoms with E-state index in [1.54, 1.807) is 6.07 Å². The fourth-order valence-corrected chi connectivity index (χ4v) is 1.63. The molecular weight excluding hydrogens is 259 g/mol. The third-order valence-corrected chi connectivity index (χ3v) is 2.57. The number of hydrogen-bond donors (Lipinski definition) is 2. The molecule has 0 saturated heterocycles. The lowest BCUT2D eigenvalue weighted by Crippen LogP contribution is -2.00. The molecular formula is C11H10BrFN2. The highest BCUT2D eigenvalue weighted by atomic mass is 79.9. The van der Waals surface area contributed by atoms with Crippen LogP contribution in [-0.4, -0.2) is 4.98 Å². The molecule has 0 amide bonds. The number of benzene rings is 1. The zero-order chi connectivity index (χ0) is 10.7. The summed E-state index contributed by atoms with van der Waals surface area (Å²) in [7, 11) is 0. The SMILES string of the molecule is Fc1cc(Br)ccc1NCc1cc[nH]c1. The molecule has 0 fully saturated rings. The molecule has 1 aromatic heterocycles. The van der Waals surface area contributed by atoms with Crippen LogP contribution in [-0.2, 0) is 6.54 Å². The molecule has 0 aliphatic carbocycles. The van der Waals surface area contributed by atoms with Crippen LogP contribution in [0.3, 0.4) is 0 Å². The first-order valence-corrected chi connectivity index (χ1v) is 5.35. The molecule has 2 aromatic rings. The summed E-state index contributed by atoms with van der Waals surface area (Å²) in [6.07, 6.45) is 3.72. The number of H-pyrrole nitrogens is 1. The highest BCUT2D eigenvalue weighted by Crippen LogP contribution is 2.19. The Morgan fingerprint density at radius 1 is 1.33 bits per heavy atom. The fourth-order valence-electron chi connectivity index (χ4n) is 1.30. The average Bonchev–Trinajstić information content (AvgIpc) is 2.69. The van der Waals surface area contributed by atoms with Gasteiger partial charge in [-0.1, -0.05) is 15.9 Å². The van der Waals surface area contributed by atoms with Gasteiger partial charge in [0.25, 0.3) is 0 Å². The Labute approximate surface area is 95.6 Å². The van der Waals surface area contributed by atoms with Gasteiger partial charge in [-0.25, -0.2) is 4.39 Å². The van der Waals surface area contributed by atoms with Crippen molar-refractivity contribution in [3.05, 3.63) is 52.5 Å². The molecule has 4 heteroatoms. The van der Waals surface area contributed by atoms with E-state index in [2.05, 4.69) is 26.2 Å². The van der Waals surface area contributed by atoms with Crippen molar-refractivity contribution in [2.45, 2.75) is 6.54 Å². The average molecular weight is 269 g/mol. The second-order valence-electron chi connectivity index (χ2n) is 3.20. The van der Waals surface area contributed by atoms with Crippen molar-refractivity contribution in [2.75, 3.05) is 5.32 Å². The molecule has 78 valence electrons. The molecule has 2 nitrogen and oxygen atoms in total. The van der Waals surface area contributed by atoms with E-state index < -0.39 is 0 Å². The molecule has 2 rings (SSSR count). The van der Waals surface area contributed by atoms with Gasteiger partial charge in [-0.05, 0) is 29.8 Å². The van der Waals surface area contributed by atoms with Gasteiger partial charge in [0.1, 0.15) is 5.82 Å². The molecule has 0 unspecified atom stereocenters. The van der Waals surface area contributed by atoms with E-state index in [9.17, 15) is 4.39 Å². The first-order valence-electron chi connectivity index (χ1n) is 4.56. The maximum atomic E-state index is 13.4. The Kier molecular flexibility index (Phi) is 3.06. The van der Waals surface area contributed by atoms with Crippen LogP contribution in [0.25, 0.3) is 0 Å². The smallest absolute Gasteiger partial charge is 0.147 e. The maximum absolute atomic E-state index is 13.4. The largest absolute Gasteiger partial charge is 0.379 e. The topological polar surface area (TPSA) is 27.8 Å². The van der Waals surface area contributed by atoms with Gasteiger partial charge in [-0.3, -0.25) is 0 Å². The van der Waals surface area contributed by atoms with Gasteiger partial charge in [0.15, 0.2) is 0 Å². The van der Waals surface area contributed by atoms with Crippen molar-refractivity contribution < 1.29 is 4.39 Å². The highest BCUT2D eigenvalue weighted by Gasteiger charge is 2.01. The standard InChI is InChI=1S/C11H10BrFN2/c12-9-1-2-11(10(13)5-9)15-7-8-3-4-14-6-8/h1-6,14-15H,7H2. The minimum Gasteiger partial charge on any atom is -0.379 e. The molecule has 1 aromatic carbocycles. The summed E-state index contributed by atoms with van der Waals surface area (Å²) in [5.41, 5.74) is 1.61. The number of halogens is 2. The number of nitrogens with one attached hydrogen (secondary N) is 2. The van der Waals surface area contributed by atoms with E-state index in [1.165, 1.54) is 6.07 Å². The molecule has 0 saturated carbocycles. The van der Waals surface area contributed by atoms with E-state index in [0.29, 0.717) is 12.2 Å². The minimum absolute atomic E-state index is 0.250. The predicted molar refractivity (Wildman–Crippen MR) is 62.2 cm³/mol. The van der Waals surface area contributed by atoms with Crippen molar-refractivity contribution in [2.24, 2.45) is 0 Å². The Bertz CT molecular complexity index is 440. The maximum Gasteiger partial charge on any atom is 0.147 e. The first-order chi connectivity index (χ1) is 7.25. The van der Waals surface area contributed by atoms with Crippen LogP contribution in [0.15, 0.2) is 41.1 Å². The molecule has 0 aliphatic rings. The van der Waals surface area contributed by atoms with Gasteiger partial charge >= 0.3 is 0 Å². The Morgan fingerprint density at radius 3 is 2.87 bits per heavy atom. The number of aromatic amines is 1. The molecule has 15 heavy (non-hydrogen) atoms. The molecule has 0 spiro atoms. The molecule has 0 aliphatic heterocycles. The summed E-state index contributed by atoms with van der Waals surface area (Å²) < 4.78 is 14.1. The van der Waals surface area contributed by atoms with Crippen LogP contribution in [0.5, 0.6) is 0 Å². The number of anilines is 1. The monoisotopic (exact) mass is 268 g/mol. The van der Waals surface area contributed by atoms with E-state index in [1.807, 2.05) is 24.5 Å². The summed E-state index contributed by atoms with van der Waals surface area (Å²) >= 11 is 3.21. The Hall–Kier alpha value is -1.29. The van der Waals surface area contributed by atoms with Crippen LogP contribution in [0, 0.1) is 5.82 Å². The van der Waals surface area contributed by atoms with E-state index in [0.717, 1.165) is 10.0 Å². The van der Waals surface area contributed by atoms with E-state index in [-0.39, 0.29) is 5.82 Å². The van der Waals surface area contributed by atoms with Gasteiger partial charge < -0.3 is 10.3 Å². The van der Waals surface area contributed by atoms with Crippen molar-refractivity contribution in [3.8, 4) is 0 Å². The van der Waals surface area contributed by atoms with Crippen molar-refractivity contribution >= 4 is 21.6 Å². The van der Waals surface area contributed by atoms with Crippen LogP contribution < -0.4 is 5.32 Å². The summed E-state index contributed by atoms with van der Waals surface area (Å²) in [5, 5.41) is 3.03. The quantitative estimate of drug-likeness (QED) is 0.876. The summed E-state index contributed by atoms with van der Waals surface area (Å²) in [6.45, 7) is 0.613. The minimum atomic E-state index is -0.250. The summed E-state index contributed by atoms with van der Waals surface area (Å²) in [6, 6.07) is 6.91. The third-order valence-electron chi connectivity index (χ3n) is 2.08. The van der Waals surface area contributed by atoms with Crippen molar-refractivity contribution in [3.63, 3.8) is 0 Å². The van der Waals surface area contributed by atoms with Gasteiger partial charge in [-0.2, -0.15) is 0 Å². The Balaban J connectivity index is 2.05. The summed E-state index contributed by atoms with van der Waals surface area (Å²) in [5.74, 6) is -0.250. The van der Waals surface area contributed by atoms with Crippen molar-refractivity contribution in [1.29, 1.82) is 0 Å². The van der Waals surface area contributed by atoms with E-state index in [4.69, 9.17) is 0 Å². The lowest BCUT2D eigenvalue weighted by atomic mass is 10.3. The molecule has 2 N–H and O–H groups in total. The van der Waals surface area contributed by atoms with Gasteiger partial charge in [0.2, 0.25) is 0 Å². The lowest BCUT2D eigenvalue weighted by Gasteiger charge is -2.06. The molecule has 0 bridgehead atoms.